The molecule has 0 unspecified atom stereocenters. The van der Waals surface area contributed by atoms with Crippen molar-refractivity contribution in [2.24, 2.45) is 10.7 Å². The van der Waals surface area contributed by atoms with Crippen LogP contribution in [0.2, 0.25) is 0 Å². The second-order valence-corrected chi connectivity index (χ2v) is 11.5. The highest BCUT2D eigenvalue weighted by Crippen LogP contribution is 2.51. The highest BCUT2D eigenvalue weighted by Gasteiger charge is 2.63. The van der Waals surface area contributed by atoms with Crippen LogP contribution in [0.5, 0.6) is 0 Å². The predicted molar refractivity (Wildman–Crippen MR) is 118 cm³/mol. The van der Waals surface area contributed by atoms with E-state index in [4.69, 9.17) is 5.73 Å². The molecular formula is C22H22F4N4O3S. The van der Waals surface area contributed by atoms with E-state index in [0.29, 0.717) is 6.20 Å². The number of sulfone groups is 1. The minimum Gasteiger partial charge on any atom is -0.386 e. The largest absolute Gasteiger partial charge is 0.417 e. The van der Waals surface area contributed by atoms with Gasteiger partial charge in [0.05, 0.1) is 10.8 Å². The van der Waals surface area contributed by atoms with Gasteiger partial charge in [-0.05, 0) is 63.4 Å². The van der Waals surface area contributed by atoms with Gasteiger partial charge in [0.25, 0.3) is 5.91 Å². The summed E-state index contributed by atoms with van der Waals surface area (Å²) < 4.78 is 78.6. The van der Waals surface area contributed by atoms with E-state index in [1.54, 1.807) is 0 Å². The van der Waals surface area contributed by atoms with E-state index in [-0.39, 0.29) is 41.2 Å². The molecule has 1 aromatic heterocycles. The number of amidine groups is 1. The highest BCUT2D eigenvalue weighted by atomic mass is 32.2. The van der Waals surface area contributed by atoms with Crippen LogP contribution >= 0.6 is 0 Å². The molecule has 2 aliphatic heterocycles. The summed E-state index contributed by atoms with van der Waals surface area (Å²) in [5.41, 5.74) is 3.32. The van der Waals surface area contributed by atoms with Crippen LogP contribution in [-0.2, 0) is 21.6 Å². The first kappa shape index (κ1) is 24.1. The topological polar surface area (TPSA) is 115 Å². The molecule has 3 N–H and O–H groups in total. The molecule has 4 rings (SSSR count). The number of nitrogens with two attached hydrogens (primary N) is 1. The standard InChI is InChI=1S/C22H22F4N4O3S/c1-11-8-12(22(24,25)26)10-28-17(11)18(31)29-13-4-5-15(23)14(9-13)21(3)16-6-7-20(2,19(27)30-21)34(16,32)33/h4-5,8-10,16H,6-7H2,1-3H3,(H2,27,30)(H,29,31)/t16-,20+,21-/m1/s1. The fourth-order valence-electron chi connectivity index (χ4n) is 4.70. The Morgan fingerprint density at radius 2 is 1.91 bits per heavy atom. The van der Waals surface area contributed by atoms with Crippen LogP contribution in [0.4, 0.5) is 23.2 Å². The van der Waals surface area contributed by atoms with Gasteiger partial charge in [-0.3, -0.25) is 14.8 Å². The van der Waals surface area contributed by atoms with Gasteiger partial charge in [0.1, 0.15) is 27.6 Å². The zero-order chi connectivity index (χ0) is 25.3. The van der Waals surface area contributed by atoms with Gasteiger partial charge in [0.2, 0.25) is 0 Å². The molecule has 0 spiro atoms. The number of aromatic nitrogens is 1. The van der Waals surface area contributed by atoms with Gasteiger partial charge in [-0.2, -0.15) is 13.2 Å². The molecule has 1 aromatic carbocycles. The molecule has 2 aliphatic rings. The molecule has 12 heteroatoms. The first-order valence-corrected chi connectivity index (χ1v) is 11.9. The average molecular weight is 499 g/mol. The van der Waals surface area contributed by atoms with E-state index in [2.05, 4.69) is 15.3 Å². The van der Waals surface area contributed by atoms with Crippen molar-refractivity contribution in [2.45, 2.75) is 55.3 Å². The first-order chi connectivity index (χ1) is 15.6. The number of fused-ring (bicyclic) bond motifs is 2. The fourth-order valence-corrected chi connectivity index (χ4v) is 7.28. The molecule has 182 valence electrons. The summed E-state index contributed by atoms with van der Waals surface area (Å²) in [4.78, 5) is 20.7. The van der Waals surface area contributed by atoms with Crippen molar-refractivity contribution in [1.29, 1.82) is 0 Å². The minimum atomic E-state index is -4.60. The number of hydrogen-bond acceptors (Lipinski definition) is 6. The van der Waals surface area contributed by atoms with Gasteiger partial charge in [-0.15, -0.1) is 0 Å². The van der Waals surface area contributed by atoms with E-state index in [1.165, 1.54) is 32.9 Å². The van der Waals surface area contributed by atoms with Crippen molar-refractivity contribution in [2.75, 3.05) is 5.32 Å². The van der Waals surface area contributed by atoms with Gasteiger partial charge in [0.15, 0.2) is 9.84 Å². The van der Waals surface area contributed by atoms with Crippen molar-refractivity contribution >= 4 is 27.3 Å². The Morgan fingerprint density at radius 1 is 1.24 bits per heavy atom. The number of hydrogen-bond donors (Lipinski definition) is 2. The number of benzene rings is 1. The second-order valence-electron chi connectivity index (χ2n) is 8.98. The lowest BCUT2D eigenvalue weighted by Crippen LogP contribution is -2.55. The molecule has 2 bridgehead atoms. The Balaban J connectivity index is 1.70. The van der Waals surface area contributed by atoms with Crippen LogP contribution in [0.15, 0.2) is 35.5 Å². The van der Waals surface area contributed by atoms with Crippen molar-refractivity contribution in [3.05, 3.63) is 58.7 Å². The molecule has 3 atom stereocenters. The summed E-state index contributed by atoms with van der Waals surface area (Å²) in [7, 11) is -3.76. The van der Waals surface area contributed by atoms with Gasteiger partial charge >= 0.3 is 6.18 Å². The minimum absolute atomic E-state index is 0.00242. The number of amides is 1. The lowest BCUT2D eigenvalue weighted by atomic mass is 9.86. The third-order valence-electron chi connectivity index (χ3n) is 6.80. The normalized spacial score (nSPS) is 27.9. The molecule has 2 aromatic rings. The maximum atomic E-state index is 14.9. The Labute approximate surface area is 193 Å². The van der Waals surface area contributed by atoms with Crippen molar-refractivity contribution < 1.29 is 30.8 Å². The number of aryl methyl sites for hydroxylation is 1. The summed E-state index contributed by atoms with van der Waals surface area (Å²) in [6.07, 6.45) is -3.54. The van der Waals surface area contributed by atoms with Gasteiger partial charge in [-0.1, -0.05) is 0 Å². The van der Waals surface area contributed by atoms with E-state index < -0.39 is 48.8 Å². The number of carbonyl (C=O) groups is 1. The lowest BCUT2D eigenvalue weighted by Gasteiger charge is -2.39. The summed E-state index contributed by atoms with van der Waals surface area (Å²) in [6, 6.07) is 4.38. The summed E-state index contributed by atoms with van der Waals surface area (Å²) >= 11 is 0. The Bertz CT molecular complexity index is 1340. The molecule has 0 saturated carbocycles. The third-order valence-corrected chi connectivity index (χ3v) is 9.91. The number of nitrogens with zero attached hydrogens (tertiary/aromatic N) is 2. The van der Waals surface area contributed by atoms with Crippen LogP contribution in [0, 0.1) is 12.7 Å². The quantitative estimate of drug-likeness (QED) is 0.626. The molecule has 7 nitrogen and oxygen atoms in total. The summed E-state index contributed by atoms with van der Waals surface area (Å²) in [6.45, 7) is 4.31. The van der Waals surface area contributed by atoms with Crippen molar-refractivity contribution in [3.8, 4) is 0 Å². The number of rotatable bonds is 3. The van der Waals surface area contributed by atoms with Crippen LogP contribution in [0.1, 0.15) is 53.9 Å². The number of halogens is 4. The average Bonchev–Trinajstić information content (AvgIpc) is 2.91. The highest BCUT2D eigenvalue weighted by molar-refractivity contribution is 7.94. The number of nitrogens with one attached hydrogen (secondary N) is 1. The van der Waals surface area contributed by atoms with Crippen LogP contribution < -0.4 is 11.1 Å². The summed E-state index contributed by atoms with van der Waals surface area (Å²) in [5.74, 6) is -1.63. The molecule has 1 amide bonds. The fraction of sp³-hybridized carbons (Fsp3) is 0.409. The summed E-state index contributed by atoms with van der Waals surface area (Å²) in [5, 5.41) is 1.48. The van der Waals surface area contributed by atoms with Crippen LogP contribution in [0.25, 0.3) is 0 Å². The van der Waals surface area contributed by atoms with Gasteiger partial charge in [-0.25, -0.2) is 12.8 Å². The van der Waals surface area contributed by atoms with E-state index in [0.717, 1.165) is 12.1 Å². The number of anilines is 1. The maximum absolute atomic E-state index is 14.9. The Kier molecular flexibility index (Phi) is 5.31. The number of alkyl halides is 3. The SMILES string of the molecule is Cc1cc(C(F)(F)F)cnc1C(=O)Nc1ccc(F)c([C@@]2(C)N=C(N)[C@]3(C)CC[C@H]2S3(=O)=O)c1. The van der Waals surface area contributed by atoms with Gasteiger partial charge < -0.3 is 11.1 Å². The predicted octanol–water partition coefficient (Wildman–Crippen LogP) is 3.72. The Hall–Kier alpha value is -3.02. The number of carbonyl (C=O) groups excluding carboxylic acids is 1. The molecule has 1 saturated heterocycles. The smallest absolute Gasteiger partial charge is 0.386 e. The van der Waals surface area contributed by atoms with E-state index >= 15 is 0 Å². The Morgan fingerprint density at radius 3 is 2.53 bits per heavy atom. The van der Waals surface area contributed by atoms with Crippen LogP contribution in [-0.4, -0.2) is 35.1 Å². The van der Waals surface area contributed by atoms with E-state index in [1.807, 2.05) is 0 Å². The van der Waals surface area contributed by atoms with Crippen LogP contribution in [0.3, 0.4) is 0 Å². The molecule has 1 fully saturated rings. The zero-order valence-electron chi connectivity index (χ0n) is 18.5. The van der Waals surface area contributed by atoms with Gasteiger partial charge in [0, 0.05) is 17.4 Å². The monoisotopic (exact) mass is 498 g/mol. The second kappa shape index (κ2) is 7.49. The molecule has 0 radical (unpaired) electrons. The molecule has 34 heavy (non-hydrogen) atoms. The zero-order valence-corrected chi connectivity index (χ0v) is 19.3. The van der Waals surface area contributed by atoms with E-state index in [9.17, 15) is 30.8 Å². The molecular weight excluding hydrogens is 476 g/mol. The third kappa shape index (κ3) is 3.46. The molecule has 3 heterocycles. The number of pyridine rings is 1. The lowest BCUT2D eigenvalue weighted by molar-refractivity contribution is -0.137. The van der Waals surface area contributed by atoms with Crippen molar-refractivity contribution in [3.63, 3.8) is 0 Å². The van der Waals surface area contributed by atoms with Crippen molar-refractivity contribution in [1.82, 2.24) is 4.98 Å². The molecule has 0 aliphatic carbocycles. The maximum Gasteiger partial charge on any atom is 0.417 e. The first-order valence-electron chi connectivity index (χ1n) is 10.4. The number of aliphatic imine (C=N–C) groups is 1.